The lowest BCUT2D eigenvalue weighted by Crippen LogP contribution is -2.23. The van der Waals surface area contributed by atoms with Gasteiger partial charge in [0.1, 0.15) is 11.7 Å². The Labute approximate surface area is 84.8 Å². The molecule has 0 aromatic heterocycles. The van der Waals surface area contributed by atoms with Gasteiger partial charge in [-0.1, -0.05) is 13.8 Å². The summed E-state index contributed by atoms with van der Waals surface area (Å²) in [7, 11) is -3.31. The molecule has 1 atom stereocenters. The van der Waals surface area contributed by atoms with Crippen LogP contribution in [0.3, 0.4) is 0 Å². The minimum Gasteiger partial charge on any atom is -0.297 e. The molecule has 14 heavy (non-hydrogen) atoms. The van der Waals surface area contributed by atoms with E-state index in [0.717, 1.165) is 6.26 Å². The summed E-state index contributed by atoms with van der Waals surface area (Å²) in [4.78, 5) is 11.3. The van der Waals surface area contributed by atoms with Crippen molar-refractivity contribution >= 4 is 15.6 Å². The molecule has 1 unspecified atom stereocenters. The number of hydrogen-bond acceptors (Lipinski definition) is 4. The van der Waals surface area contributed by atoms with Crippen LogP contribution in [-0.4, -0.2) is 26.2 Å². The van der Waals surface area contributed by atoms with Crippen LogP contribution in [0.2, 0.25) is 0 Å². The van der Waals surface area contributed by atoms with Crippen LogP contribution in [0, 0.1) is 23.2 Å². The summed E-state index contributed by atoms with van der Waals surface area (Å²) in [5.41, 5.74) is 0. The highest BCUT2D eigenvalue weighted by Crippen LogP contribution is 2.12. The lowest BCUT2D eigenvalue weighted by atomic mass is 9.95. The third kappa shape index (κ3) is 5.70. The van der Waals surface area contributed by atoms with E-state index in [1.54, 1.807) is 0 Å². The molecule has 0 saturated heterocycles. The molecule has 0 radical (unpaired) electrons. The Morgan fingerprint density at radius 1 is 1.43 bits per heavy atom. The molecule has 0 aromatic rings. The molecular weight excluding hydrogens is 202 g/mol. The fourth-order valence-electron chi connectivity index (χ4n) is 1.09. The zero-order valence-corrected chi connectivity index (χ0v) is 9.47. The topological polar surface area (TPSA) is 75.0 Å². The maximum absolute atomic E-state index is 11.3. The summed E-state index contributed by atoms with van der Waals surface area (Å²) >= 11 is 0. The fourth-order valence-corrected chi connectivity index (χ4v) is 1.80. The van der Waals surface area contributed by atoms with Gasteiger partial charge in [0.2, 0.25) is 0 Å². The predicted molar refractivity (Wildman–Crippen MR) is 53.3 cm³/mol. The van der Waals surface area contributed by atoms with E-state index >= 15 is 0 Å². The van der Waals surface area contributed by atoms with E-state index in [4.69, 9.17) is 5.26 Å². The molecule has 0 aliphatic heterocycles. The van der Waals surface area contributed by atoms with Gasteiger partial charge in [0, 0.05) is 6.26 Å². The number of hydrogen-bond donors (Lipinski definition) is 0. The number of rotatable bonds is 5. The Kier molecular flexibility index (Phi) is 4.78. The largest absolute Gasteiger partial charge is 0.297 e. The maximum Gasteiger partial charge on any atom is 0.164 e. The second-order valence-electron chi connectivity index (χ2n) is 3.85. The van der Waals surface area contributed by atoms with E-state index in [0.29, 0.717) is 6.42 Å². The van der Waals surface area contributed by atoms with Crippen molar-refractivity contribution in [3.05, 3.63) is 0 Å². The highest BCUT2D eigenvalue weighted by Gasteiger charge is 2.22. The molecule has 0 N–H and O–H groups in total. The van der Waals surface area contributed by atoms with Crippen molar-refractivity contribution in [2.45, 2.75) is 20.3 Å². The van der Waals surface area contributed by atoms with Gasteiger partial charge in [0.25, 0.3) is 0 Å². The summed E-state index contributed by atoms with van der Waals surface area (Å²) in [5.74, 6) is -1.60. The van der Waals surface area contributed by atoms with E-state index in [1.165, 1.54) is 0 Å². The van der Waals surface area contributed by atoms with Crippen LogP contribution < -0.4 is 0 Å². The molecule has 0 aliphatic rings. The van der Waals surface area contributed by atoms with Crippen LogP contribution in [0.1, 0.15) is 20.3 Å². The monoisotopic (exact) mass is 217 g/mol. The summed E-state index contributed by atoms with van der Waals surface area (Å²) in [6.45, 7) is 3.77. The van der Waals surface area contributed by atoms with Crippen molar-refractivity contribution in [3.8, 4) is 6.07 Å². The third-order valence-corrected chi connectivity index (χ3v) is 2.46. The number of carbonyl (C=O) groups is 1. The quantitative estimate of drug-likeness (QED) is 0.682. The van der Waals surface area contributed by atoms with Gasteiger partial charge in [0.05, 0.1) is 6.07 Å². The fraction of sp³-hybridized carbons (Fsp3) is 0.778. The predicted octanol–water partition coefficient (Wildman–Crippen LogP) is 0.786. The average molecular weight is 217 g/mol. The minimum absolute atomic E-state index is 0.211. The van der Waals surface area contributed by atoms with Gasteiger partial charge in [-0.3, -0.25) is 4.79 Å². The van der Waals surface area contributed by atoms with Crippen LogP contribution in [0.25, 0.3) is 0 Å². The number of Topliss-reactive ketones (excluding diaryl/α,β-unsaturated/α-hetero) is 1. The number of nitrogens with zero attached hydrogens (tertiary/aromatic N) is 1. The molecule has 0 bridgehead atoms. The summed E-state index contributed by atoms with van der Waals surface area (Å²) in [6, 6.07) is 1.84. The van der Waals surface area contributed by atoms with Gasteiger partial charge in [-0.05, 0) is 12.3 Å². The number of carbonyl (C=O) groups excluding carboxylic acids is 1. The molecule has 0 aromatic carbocycles. The van der Waals surface area contributed by atoms with Crippen molar-refractivity contribution < 1.29 is 13.2 Å². The SMILES string of the molecule is CC(C)CC(C#N)C(=O)CS(C)(=O)=O. The maximum atomic E-state index is 11.3. The van der Waals surface area contributed by atoms with Crippen molar-refractivity contribution in [1.29, 1.82) is 5.26 Å². The van der Waals surface area contributed by atoms with Crippen LogP contribution in [0.15, 0.2) is 0 Å². The molecule has 5 heteroatoms. The van der Waals surface area contributed by atoms with Crippen LogP contribution >= 0.6 is 0 Å². The van der Waals surface area contributed by atoms with Crippen molar-refractivity contribution in [3.63, 3.8) is 0 Å². The molecule has 0 heterocycles. The molecule has 0 fully saturated rings. The Balaban J connectivity index is 4.43. The van der Waals surface area contributed by atoms with Crippen LogP contribution in [0.5, 0.6) is 0 Å². The first-order chi connectivity index (χ1) is 6.26. The normalized spacial score (nSPS) is 13.6. The molecule has 80 valence electrons. The van der Waals surface area contributed by atoms with E-state index in [1.807, 2.05) is 19.9 Å². The molecular formula is C9H15NO3S. The lowest BCUT2D eigenvalue weighted by molar-refractivity contribution is -0.119. The van der Waals surface area contributed by atoms with E-state index in [-0.39, 0.29) is 5.92 Å². The van der Waals surface area contributed by atoms with Gasteiger partial charge in [0.15, 0.2) is 15.6 Å². The highest BCUT2D eigenvalue weighted by molar-refractivity contribution is 7.91. The molecule has 0 spiro atoms. The van der Waals surface area contributed by atoms with Gasteiger partial charge < -0.3 is 0 Å². The molecule has 0 rings (SSSR count). The highest BCUT2D eigenvalue weighted by atomic mass is 32.2. The minimum atomic E-state index is -3.31. The first-order valence-electron chi connectivity index (χ1n) is 4.36. The van der Waals surface area contributed by atoms with E-state index in [2.05, 4.69) is 0 Å². The van der Waals surface area contributed by atoms with Gasteiger partial charge in [-0.25, -0.2) is 8.42 Å². The van der Waals surface area contributed by atoms with Gasteiger partial charge in [-0.2, -0.15) is 5.26 Å². The number of sulfone groups is 1. The van der Waals surface area contributed by atoms with Crippen molar-refractivity contribution in [2.24, 2.45) is 11.8 Å². The van der Waals surface area contributed by atoms with Crippen molar-refractivity contribution in [1.82, 2.24) is 0 Å². The van der Waals surface area contributed by atoms with Gasteiger partial charge in [-0.15, -0.1) is 0 Å². The Bertz CT molecular complexity index is 338. The first-order valence-corrected chi connectivity index (χ1v) is 6.42. The average Bonchev–Trinajstić information content (AvgIpc) is 1.96. The zero-order valence-electron chi connectivity index (χ0n) is 8.65. The van der Waals surface area contributed by atoms with Crippen molar-refractivity contribution in [2.75, 3.05) is 12.0 Å². The molecule has 0 saturated carbocycles. The Morgan fingerprint density at radius 2 is 1.93 bits per heavy atom. The molecule has 0 aliphatic carbocycles. The van der Waals surface area contributed by atoms with E-state index < -0.39 is 27.3 Å². The Morgan fingerprint density at radius 3 is 2.21 bits per heavy atom. The summed E-state index contributed by atoms with van der Waals surface area (Å²) < 4.78 is 21.6. The lowest BCUT2D eigenvalue weighted by Gasteiger charge is -2.09. The molecule has 4 nitrogen and oxygen atoms in total. The second kappa shape index (κ2) is 5.11. The molecule has 0 amide bonds. The van der Waals surface area contributed by atoms with Crippen LogP contribution in [-0.2, 0) is 14.6 Å². The summed E-state index contributed by atoms with van der Waals surface area (Å²) in [5, 5.41) is 8.68. The summed E-state index contributed by atoms with van der Waals surface area (Å²) in [6.07, 6.45) is 1.42. The van der Waals surface area contributed by atoms with Gasteiger partial charge >= 0.3 is 0 Å². The second-order valence-corrected chi connectivity index (χ2v) is 5.99. The standard InChI is InChI=1S/C9H15NO3S/c1-7(2)4-8(5-10)9(11)6-14(3,12)13/h7-8H,4,6H2,1-3H3. The van der Waals surface area contributed by atoms with Crippen LogP contribution in [0.4, 0.5) is 0 Å². The van der Waals surface area contributed by atoms with E-state index in [9.17, 15) is 13.2 Å². The Hall–Kier alpha value is -0.890. The first kappa shape index (κ1) is 13.1. The smallest absolute Gasteiger partial charge is 0.164 e. The number of nitriles is 1. The third-order valence-electron chi connectivity index (χ3n) is 1.66. The zero-order chi connectivity index (χ0) is 11.4. The number of ketones is 1.